The zero-order chi connectivity index (χ0) is 20.0. The molecule has 0 fully saturated rings. The number of para-hydroxylation sites is 1. The van der Waals surface area contributed by atoms with Crippen molar-refractivity contribution in [2.75, 3.05) is 18.5 Å². The lowest BCUT2D eigenvalue weighted by Crippen LogP contribution is -2.22. The number of benzene rings is 2. The molecule has 0 saturated heterocycles. The van der Waals surface area contributed by atoms with Crippen molar-refractivity contribution < 1.29 is 24.0 Å². The third kappa shape index (κ3) is 5.04. The van der Waals surface area contributed by atoms with E-state index in [-0.39, 0.29) is 23.6 Å². The minimum absolute atomic E-state index is 0.0370. The molecule has 8 heteroatoms. The molecular formula is C19H20N2O6. The molecule has 1 amide bonds. The second-order valence-electron chi connectivity index (χ2n) is 5.76. The number of hydrogen-bond acceptors (Lipinski definition) is 6. The minimum atomic E-state index is -0.835. The molecule has 0 aromatic heterocycles. The van der Waals surface area contributed by atoms with E-state index in [4.69, 9.17) is 9.47 Å². The molecule has 1 N–H and O–H groups in total. The summed E-state index contributed by atoms with van der Waals surface area (Å²) in [5.74, 6) is -1.27. The van der Waals surface area contributed by atoms with Crippen molar-refractivity contribution in [2.24, 2.45) is 0 Å². The molecule has 0 radical (unpaired) electrons. The minimum Gasteiger partial charge on any atom is -0.487 e. The Morgan fingerprint density at radius 3 is 2.41 bits per heavy atom. The molecule has 0 atom stereocenters. The van der Waals surface area contributed by atoms with Gasteiger partial charge in [-0.3, -0.25) is 14.9 Å². The predicted molar refractivity (Wildman–Crippen MR) is 99.1 cm³/mol. The van der Waals surface area contributed by atoms with Gasteiger partial charge in [-0.1, -0.05) is 18.2 Å². The standard InChI is InChI=1S/C19H20N2O6/c1-4-26-16-9-8-14(10-15(16)21(24)25)19(23)27-11-17(22)20-18-12(2)6-5-7-13(18)3/h5-10H,4,11H2,1-3H3,(H,20,22). The topological polar surface area (TPSA) is 108 Å². The van der Waals surface area contributed by atoms with Crippen molar-refractivity contribution in [3.8, 4) is 5.75 Å². The smallest absolute Gasteiger partial charge is 0.338 e. The van der Waals surface area contributed by atoms with Crippen LogP contribution < -0.4 is 10.1 Å². The fourth-order valence-corrected chi connectivity index (χ4v) is 2.47. The van der Waals surface area contributed by atoms with Crippen LogP contribution in [0.1, 0.15) is 28.4 Å². The second kappa shape index (κ2) is 8.79. The molecule has 0 aliphatic rings. The van der Waals surface area contributed by atoms with Crippen LogP contribution in [0.15, 0.2) is 36.4 Å². The molecule has 0 saturated carbocycles. The Labute approximate surface area is 156 Å². The summed E-state index contributed by atoms with van der Waals surface area (Å²) >= 11 is 0. The number of carbonyl (C=O) groups is 2. The lowest BCUT2D eigenvalue weighted by atomic mass is 10.1. The Hall–Kier alpha value is -3.42. The van der Waals surface area contributed by atoms with E-state index in [0.29, 0.717) is 5.69 Å². The van der Waals surface area contributed by atoms with Gasteiger partial charge in [0.25, 0.3) is 5.91 Å². The number of amides is 1. The predicted octanol–water partition coefficient (Wildman–Crippen LogP) is 3.41. The third-order valence-corrected chi connectivity index (χ3v) is 3.77. The molecule has 0 heterocycles. The first-order valence-corrected chi connectivity index (χ1v) is 8.28. The molecule has 27 heavy (non-hydrogen) atoms. The monoisotopic (exact) mass is 372 g/mol. The van der Waals surface area contributed by atoms with Crippen molar-refractivity contribution in [1.82, 2.24) is 0 Å². The van der Waals surface area contributed by atoms with Crippen LogP contribution in [0.5, 0.6) is 5.75 Å². The lowest BCUT2D eigenvalue weighted by Gasteiger charge is -2.11. The number of nitrogens with one attached hydrogen (secondary N) is 1. The number of nitrogens with zero attached hydrogens (tertiary/aromatic N) is 1. The van der Waals surface area contributed by atoms with Gasteiger partial charge in [0.05, 0.1) is 17.1 Å². The van der Waals surface area contributed by atoms with E-state index in [1.165, 1.54) is 12.1 Å². The van der Waals surface area contributed by atoms with Crippen molar-refractivity contribution in [3.05, 3.63) is 63.2 Å². The molecule has 142 valence electrons. The summed E-state index contributed by atoms with van der Waals surface area (Å²) in [7, 11) is 0. The highest BCUT2D eigenvalue weighted by atomic mass is 16.6. The SMILES string of the molecule is CCOc1ccc(C(=O)OCC(=O)Nc2c(C)cccc2C)cc1[N+](=O)[O-]. The van der Waals surface area contributed by atoms with Crippen LogP contribution in [0.4, 0.5) is 11.4 Å². The summed E-state index contributed by atoms with van der Waals surface area (Å²) < 4.78 is 10.1. The molecular weight excluding hydrogens is 352 g/mol. The summed E-state index contributed by atoms with van der Waals surface area (Å²) in [6.45, 7) is 5.15. The van der Waals surface area contributed by atoms with Crippen LogP contribution in [0.25, 0.3) is 0 Å². The van der Waals surface area contributed by atoms with Gasteiger partial charge in [-0.2, -0.15) is 0 Å². The summed E-state index contributed by atoms with van der Waals surface area (Å²) in [6, 6.07) is 9.33. The van der Waals surface area contributed by atoms with E-state index in [0.717, 1.165) is 17.2 Å². The Bertz CT molecular complexity index is 858. The van der Waals surface area contributed by atoms with E-state index >= 15 is 0 Å². The molecule has 0 unspecified atom stereocenters. The highest BCUT2D eigenvalue weighted by Gasteiger charge is 2.20. The van der Waals surface area contributed by atoms with Crippen molar-refractivity contribution in [1.29, 1.82) is 0 Å². The number of hydrogen-bond donors (Lipinski definition) is 1. The number of esters is 1. The first kappa shape index (κ1) is 19.9. The van der Waals surface area contributed by atoms with Crippen LogP contribution in [0.3, 0.4) is 0 Å². The van der Waals surface area contributed by atoms with Crippen LogP contribution in [0, 0.1) is 24.0 Å². The maximum atomic E-state index is 12.1. The number of anilines is 1. The van der Waals surface area contributed by atoms with Gasteiger partial charge in [0.2, 0.25) is 0 Å². The summed E-state index contributed by atoms with van der Waals surface area (Å²) in [4.78, 5) is 34.6. The molecule has 0 bridgehead atoms. The van der Waals surface area contributed by atoms with Crippen molar-refractivity contribution >= 4 is 23.3 Å². The third-order valence-electron chi connectivity index (χ3n) is 3.77. The lowest BCUT2D eigenvalue weighted by molar-refractivity contribution is -0.385. The zero-order valence-electron chi connectivity index (χ0n) is 15.3. The zero-order valence-corrected chi connectivity index (χ0v) is 15.3. The highest BCUT2D eigenvalue weighted by molar-refractivity contribution is 5.96. The molecule has 0 spiro atoms. The van der Waals surface area contributed by atoms with Gasteiger partial charge in [0.1, 0.15) is 0 Å². The first-order chi connectivity index (χ1) is 12.8. The average Bonchev–Trinajstić information content (AvgIpc) is 2.63. The molecule has 2 aromatic carbocycles. The Kier molecular flexibility index (Phi) is 6.48. The van der Waals surface area contributed by atoms with E-state index in [2.05, 4.69) is 5.32 Å². The summed E-state index contributed by atoms with van der Waals surface area (Å²) in [5.41, 5.74) is 2.06. The van der Waals surface area contributed by atoms with E-state index in [9.17, 15) is 19.7 Å². The average molecular weight is 372 g/mol. The first-order valence-electron chi connectivity index (χ1n) is 8.28. The number of ether oxygens (including phenoxy) is 2. The quantitative estimate of drug-likeness (QED) is 0.453. The van der Waals surface area contributed by atoms with Gasteiger partial charge in [0, 0.05) is 11.8 Å². The summed E-state index contributed by atoms with van der Waals surface area (Å²) in [6.07, 6.45) is 0. The van der Waals surface area contributed by atoms with Crippen molar-refractivity contribution in [2.45, 2.75) is 20.8 Å². The van der Waals surface area contributed by atoms with Crippen LogP contribution in [0.2, 0.25) is 0 Å². The number of nitro groups is 1. The number of aryl methyl sites for hydroxylation is 2. The highest BCUT2D eigenvalue weighted by Crippen LogP contribution is 2.28. The van der Waals surface area contributed by atoms with E-state index in [1.807, 2.05) is 32.0 Å². The maximum Gasteiger partial charge on any atom is 0.338 e. The molecule has 0 aliphatic carbocycles. The van der Waals surface area contributed by atoms with Gasteiger partial charge in [-0.05, 0) is 44.0 Å². The Morgan fingerprint density at radius 1 is 1.15 bits per heavy atom. The number of nitro benzene ring substituents is 1. The van der Waals surface area contributed by atoms with Gasteiger partial charge >= 0.3 is 11.7 Å². The van der Waals surface area contributed by atoms with Crippen LogP contribution in [-0.2, 0) is 9.53 Å². The van der Waals surface area contributed by atoms with E-state index < -0.39 is 23.4 Å². The van der Waals surface area contributed by atoms with E-state index in [1.54, 1.807) is 6.92 Å². The Balaban J connectivity index is 2.04. The van der Waals surface area contributed by atoms with Crippen LogP contribution in [-0.4, -0.2) is 30.0 Å². The van der Waals surface area contributed by atoms with Gasteiger partial charge in [-0.15, -0.1) is 0 Å². The Morgan fingerprint density at radius 2 is 1.81 bits per heavy atom. The fraction of sp³-hybridized carbons (Fsp3) is 0.263. The normalized spacial score (nSPS) is 10.2. The van der Waals surface area contributed by atoms with Gasteiger partial charge in [0.15, 0.2) is 12.4 Å². The van der Waals surface area contributed by atoms with Gasteiger partial charge in [-0.25, -0.2) is 4.79 Å². The summed E-state index contributed by atoms with van der Waals surface area (Å²) in [5, 5.41) is 13.8. The number of rotatable bonds is 7. The maximum absolute atomic E-state index is 12.1. The molecule has 0 aliphatic heterocycles. The fourth-order valence-electron chi connectivity index (χ4n) is 2.47. The molecule has 2 rings (SSSR count). The molecule has 8 nitrogen and oxygen atoms in total. The largest absolute Gasteiger partial charge is 0.487 e. The number of carbonyl (C=O) groups excluding carboxylic acids is 2. The van der Waals surface area contributed by atoms with Gasteiger partial charge < -0.3 is 14.8 Å². The van der Waals surface area contributed by atoms with Crippen LogP contribution >= 0.6 is 0 Å². The second-order valence-corrected chi connectivity index (χ2v) is 5.76. The van der Waals surface area contributed by atoms with Crippen molar-refractivity contribution in [3.63, 3.8) is 0 Å². The molecule has 2 aromatic rings.